The zero-order chi connectivity index (χ0) is 22.3. The molecule has 162 valence electrons. The first-order valence-corrected chi connectivity index (χ1v) is 11.8. The van der Waals surface area contributed by atoms with Gasteiger partial charge in [0.05, 0.1) is 16.4 Å². The molecule has 1 heterocycles. The molecule has 32 heavy (non-hydrogen) atoms. The van der Waals surface area contributed by atoms with Crippen LogP contribution in [-0.2, 0) is 6.42 Å². The Morgan fingerprint density at radius 1 is 0.938 bits per heavy atom. The quantitative estimate of drug-likeness (QED) is 0.328. The molecular formula is C26H23ClN2O2S. The lowest BCUT2D eigenvalue weighted by Gasteiger charge is -2.11. The second-order valence-corrected chi connectivity index (χ2v) is 8.68. The van der Waals surface area contributed by atoms with Gasteiger partial charge in [-0.25, -0.2) is 0 Å². The van der Waals surface area contributed by atoms with Crippen LogP contribution in [0.15, 0.2) is 89.0 Å². The van der Waals surface area contributed by atoms with Crippen molar-refractivity contribution in [1.82, 2.24) is 9.88 Å². The van der Waals surface area contributed by atoms with E-state index in [4.69, 9.17) is 11.6 Å². The molecule has 4 aromatic rings. The van der Waals surface area contributed by atoms with Gasteiger partial charge >= 0.3 is 4.87 Å². The van der Waals surface area contributed by atoms with Crippen LogP contribution in [0.3, 0.4) is 0 Å². The highest BCUT2D eigenvalue weighted by atomic mass is 35.5. The topological polar surface area (TPSA) is 51.1 Å². The summed E-state index contributed by atoms with van der Waals surface area (Å²) in [7, 11) is 0. The van der Waals surface area contributed by atoms with Crippen LogP contribution in [0.4, 0.5) is 0 Å². The molecule has 0 fully saturated rings. The van der Waals surface area contributed by atoms with E-state index in [1.54, 1.807) is 22.1 Å². The molecule has 0 aliphatic carbocycles. The summed E-state index contributed by atoms with van der Waals surface area (Å²) in [5, 5.41) is 5.30. The number of amides is 1. The van der Waals surface area contributed by atoms with Crippen LogP contribution in [0.25, 0.3) is 16.9 Å². The molecule has 1 amide bonds. The third-order valence-electron chi connectivity index (χ3n) is 5.23. The monoisotopic (exact) mass is 462 g/mol. The highest BCUT2D eigenvalue weighted by Crippen LogP contribution is 2.27. The number of nitrogens with one attached hydrogen (secondary N) is 1. The number of unbranched alkanes of at least 4 members (excludes halogenated alkanes) is 1. The van der Waals surface area contributed by atoms with Gasteiger partial charge in [0.25, 0.3) is 5.91 Å². The zero-order valence-corrected chi connectivity index (χ0v) is 19.0. The van der Waals surface area contributed by atoms with E-state index in [0.717, 1.165) is 36.2 Å². The van der Waals surface area contributed by atoms with Crippen LogP contribution in [0, 0.1) is 0 Å². The van der Waals surface area contributed by atoms with E-state index < -0.39 is 0 Å². The number of hydrogen-bond donors (Lipinski definition) is 1. The Morgan fingerprint density at radius 2 is 1.72 bits per heavy atom. The summed E-state index contributed by atoms with van der Waals surface area (Å²) < 4.78 is 1.59. The van der Waals surface area contributed by atoms with Crippen LogP contribution in [0.2, 0.25) is 5.02 Å². The number of benzene rings is 3. The molecule has 0 saturated carbocycles. The minimum absolute atomic E-state index is 0.117. The van der Waals surface area contributed by atoms with Crippen molar-refractivity contribution < 1.29 is 4.79 Å². The van der Waals surface area contributed by atoms with Crippen molar-refractivity contribution in [3.63, 3.8) is 0 Å². The molecule has 0 unspecified atom stereocenters. The summed E-state index contributed by atoms with van der Waals surface area (Å²) in [6, 6.07) is 24.9. The Hall–Kier alpha value is -3.15. The fourth-order valence-corrected chi connectivity index (χ4v) is 4.57. The molecule has 0 radical (unpaired) electrons. The number of aromatic nitrogens is 1. The van der Waals surface area contributed by atoms with Gasteiger partial charge in [-0.3, -0.25) is 14.2 Å². The first kappa shape index (κ1) is 22.1. The van der Waals surface area contributed by atoms with Gasteiger partial charge in [0.2, 0.25) is 0 Å². The van der Waals surface area contributed by atoms with Gasteiger partial charge in [-0.2, -0.15) is 0 Å². The number of halogens is 1. The van der Waals surface area contributed by atoms with Crippen molar-refractivity contribution >= 4 is 28.8 Å². The standard InChI is InChI=1S/C26H23ClN2O2S/c27-22-14-4-5-15-23(22)29-24(18-32-26(29)31)20-12-8-13-21(17-20)25(30)28-16-7-6-11-19-9-2-1-3-10-19/h1-5,8-10,12-15,17-18H,6-7,11,16H2,(H,28,30). The largest absolute Gasteiger partial charge is 0.352 e. The number of carbonyl (C=O) groups excluding carboxylic acids is 1. The second kappa shape index (κ2) is 10.4. The average molecular weight is 463 g/mol. The van der Waals surface area contributed by atoms with Crippen LogP contribution in [0.5, 0.6) is 0 Å². The number of nitrogens with zero attached hydrogens (tertiary/aromatic N) is 1. The lowest BCUT2D eigenvalue weighted by molar-refractivity contribution is 0.0953. The first-order chi connectivity index (χ1) is 15.6. The second-order valence-electron chi connectivity index (χ2n) is 7.45. The summed E-state index contributed by atoms with van der Waals surface area (Å²) in [6.07, 6.45) is 2.93. The maximum Gasteiger partial charge on any atom is 0.312 e. The normalized spacial score (nSPS) is 10.8. The van der Waals surface area contributed by atoms with Crippen LogP contribution in [0.1, 0.15) is 28.8 Å². The Balaban J connectivity index is 1.44. The number of para-hydroxylation sites is 1. The van der Waals surface area contributed by atoms with Crippen molar-refractivity contribution in [2.24, 2.45) is 0 Å². The van der Waals surface area contributed by atoms with E-state index in [9.17, 15) is 9.59 Å². The van der Waals surface area contributed by atoms with Crippen molar-refractivity contribution in [3.05, 3.63) is 110 Å². The Labute approximate surface area is 196 Å². The third kappa shape index (κ3) is 5.18. The molecule has 4 rings (SSSR count). The molecule has 0 aliphatic rings. The summed E-state index contributed by atoms with van der Waals surface area (Å²) >= 11 is 7.44. The Morgan fingerprint density at radius 3 is 2.53 bits per heavy atom. The average Bonchev–Trinajstić information content (AvgIpc) is 3.21. The maximum absolute atomic E-state index is 12.7. The SMILES string of the molecule is O=C(NCCCCc1ccccc1)c1cccc(-c2csc(=O)n2-c2ccccc2Cl)c1. The van der Waals surface area contributed by atoms with Gasteiger partial charge in [-0.15, -0.1) is 0 Å². The van der Waals surface area contributed by atoms with Gasteiger partial charge in [0.15, 0.2) is 0 Å². The van der Waals surface area contributed by atoms with Crippen LogP contribution >= 0.6 is 22.9 Å². The molecule has 6 heteroatoms. The zero-order valence-electron chi connectivity index (χ0n) is 17.5. The molecule has 3 aromatic carbocycles. The van der Waals surface area contributed by atoms with E-state index >= 15 is 0 Å². The summed E-state index contributed by atoms with van der Waals surface area (Å²) in [5.41, 5.74) is 4.01. The predicted octanol–water partition coefficient (Wildman–Crippen LogP) is 5.97. The van der Waals surface area contributed by atoms with Crippen molar-refractivity contribution in [2.75, 3.05) is 6.54 Å². The van der Waals surface area contributed by atoms with Crippen molar-refractivity contribution in [3.8, 4) is 16.9 Å². The van der Waals surface area contributed by atoms with Gasteiger partial charge in [0, 0.05) is 23.1 Å². The molecule has 0 aliphatic heterocycles. The molecule has 0 spiro atoms. The van der Waals surface area contributed by atoms with E-state index in [-0.39, 0.29) is 10.8 Å². The molecule has 1 aromatic heterocycles. The number of carbonyl (C=O) groups is 1. The van der Waals surface area contributed by atoms with E-state index in [2.05, 4.69) is 17.4 Å². The van der Waals surface area contributed by atoms with Crippen molar-refractivity contribution in [1.29, 1.82) is 0 Å². The predicted molar refractivity (Wildman–Crippen MR) is 132 cm³/mol. The molecule has 0 saturated heterocycles. The summed E-state index contributed by atoms with van der Waals surface area (Å²) in [5.74, 6) is -0.117. The Kier molecular flexibility index (Phi) is 7.20. The minimum atomic E-state index is -0.124. The molecular weight excluding hydrogens is 440 g/mol. The minimum Gasteiger partial charge on any atom is -0.352 e. The molecule has 4 nitrogen and oxygen atoms in total. The van der Waals surface area contributed by atoms with Crippen LogP contribution in [-0.4, -0.2) is 17.0 Å². The van der Waals surface area contributed by atoms with E-state index in [1.165, 1.54) is 5.56 Å². The molecule has 0 bridgehead atoms. The lowest BCUT2D eigenvalue weighted by Crippen LogP contribution is -2.24. The third-order valence-corrected chi connectivity index (χ3v) is 6.27. The fourth-order valence-electron chi connectivity index (χ4n) is 3.59. The number of aryl methyl sites for hydroxylation is 1. The van der Waals surface area contributed by atoms with E-state index in [1.807, 2.05) is 54.6 Å². The molecule has 0 atom stereocenters. The lowest BCUT2D eigenvalue weighted by atomic mass is 10.1. The van der Waals surface area contributed by atoms with Gasteiger partial charge in [-0.05, 0) is 49.1 Å². The van der Waals surface area contributed by atoms with E-state index in [0.29, 0.717) is 28.5 Å². The summed E-state index contributed by atoms with van der Waals surface area (Å²) in [4.78, 5) is 25.1. The maximum atomic E-state index is 12.7. The van der Waals surface area contributed by atoms with Gasteiger partial charge < -0.3 is 5.32 Å². The number of hydrogen-bond acceptors (Lipinski definition) is 3. The fraction of sp³-hybridized carbons (Fsp3) is 0.154. The number of thiazole rings is 1. The highest BCUT2D eigenvalue weighted by Gasteiger charge is 2.15. The van der Waals surface area contributed by atoms with Gasteiger partial charge in [0.1, 0.15) is 0 Å². The molecule has 1 N–H and O–H groups in total. The smallest absolute Gasteiger partial charge is 0.312 e. The first-order valence-electron chi connectivity index (χ1n) is 10.5. The number of rotatable bonds is 8. The Bertz CT molecular complexity index is 1260. The summed E-state index contributed by atoms with van der Waals surface area (Å²) in [6.45, 7) is 0.624. The highest BCUT2D eigenvalue weighted by molar-refractivity contribution is 7.07. The van der Waals surface area contributed by atoms with Gasteiger partial charge in [-0.1, -0.05) is 77.5 Å². The van der Waals surface area contributed by atoms with Crippen molar-refractivity contribution in [2.45, 2.75) is 19.3 Å². The van der Waals surface area contributed by atoms with Crippen LogP contribution < -0.4 is 10.2 Å².